The molecule has 2 rings (SSSR count). The van der Waals surface area contributed by atoms with Crippen LogP contribution in [0.25, 0.3) is 0 Å². The molecule has 1 N–H and O–H groups in total. The number of halogens is 4. The second-order valence-corrected chi connectivity index (χ2v) is 6.51. The number of anilines is 1. The SMILES string of the molecule is COc1ccc(CN(C)CC(=O)Nc2ccc(Cl)c(C(F)(F)F)c2)cc1OC. The van der Waals surface area contributed by atoms with E-state index in [2.05, 4.69) is 5.32 Å². The third kappa shape index (κ3) is 5.77. The van der Waals surface area contributed by atoms with E-state index < -0.39 is 22.7 Å². The van der Waals surface area contributed by atoms with Crippen molar-refractivity contribution in [3.63, 3.8) is 0 Å². The van der Waals surface area contributed by atoms with Crippen molar-refractivity contribution in [2.45, 2.75) is 12.7 Å². The van der Waals surface area contributed by atoms with Gasteiger partial charge in [0.05, 0.1) is 31.4 Å². The van der Waals surface area contributed by atoms with Crippen LogP contribution in [-0.2, 0) is 17.5 Å². The van der Waals surface area contributed by atoms with Gasteiger partial charge in [-0.2, -0.15) is 13.2 Å². The summed E-state index contributed by atoms with van der Waals surface area (Å²) in [5, 5.41) is 2.03. The molecule has 0 saturated heterocycles. The van der Waals surface area contributed by atoms with Gasteiger partial charge in [0, 0.05) is 12.2 Å². The molecule has 0 bridgehead atoms. The van der Waals surface area contributed by atoms with E-state index in [1.165, 1.54) is 20.3 Å². The summed E-state index contributed by atoms with van der Waals surface area (Å²) in [6.07, 6.45) is -4.60. The summed E-state index contributed by atoms with van der Waals surface area (Å²) in [4.78, 5) is 13.9. The Kier molecular flexibility index (Phi) is 7.15. The molecule has 9 heteroatoms. The van der Waals surface area contributed by atoms with E-state index in [1.807, 2.05) is 6.07 Å². The monoisotopic (exact) mass is 416 g/mol. The predicted octanol–water partition coefficient (Wildman–Crippen LogP) is 4.45. The van der Waals surface area contributed by atoms with Gasteiger partial charge in [-0.15, -0.1) is 0 Å². The quantitative estimate of drug-likeness (QED) is 0.724. The zero-order chi connectivity index (χ0) is 20.9. The molecule has 152 valence electrons. The second kappa shape index (κ2) is 9.16. The highest BCUT2D eigenvalue weighted by Crippen LogP contribution is 2.36. The van der Waals surface area contributed by atoms with Gasteiger partial charge in [-0.3, -0.25) is 9.69 Å². The summed E-state index contributed by atoms with van der Waals surface area (Å²) in [6, 6.07) is 8.63. The van der Waals surface area contributed by atoms with Crippen LogP contribution in [0.5, 0.6) is 11.5 Å². The Labute approximate surface area is 166 Å². The average Bonchev–Trinajstić information content (AvgIpc) is 2.62. The lowest BCUT2D eigenvalue weighted by Gasteiger charge is -2.18. The number of nitrogens with one attached hydrogen (secondary N) is 1. The molecular formula is C19H20ClF3N2O3. The molecule has 2 aromatic carbocycles. The van der Waals surface area contributed by atoms with Gasteiger partial charge >= 0.3 is 6.18 Å². The maximum absolute atomic E-state index is 12.9. The molecule has 0 radical (unpaired) electrons. The summed E-state index contributed by atoms with van der Waals surface area (Å²) in [7, 11) is 4.79. The molecule has 2 aromatic rings. The Balaban J connectivity index is 2.00. The molecule has 0 unspecified atom stereocenters. The third-order valence-corrected chi connectivity index (χ3v) is 4.20. The third-order valence-electron chi connectivity index (χ3n) is 3.87. The van der Waals surface area contributed by atoms with E-state index in [0.29, 0.717) is 18.0 Å². The van der Waals surface area contributed by atoms with Crippen LogP contribution in [0.2, 0.25) is 5.02 Å². The first kappa shape index (κ1) is 21.8. The summed E-state index contributed by atoms with van der Waals surface area (Å²) in [5.41, 5.74) is -0.0781. The minimum Gasteiger partial charge on any atom is -0.493 e. The van der Waals surface area contributed by atoms with E-state index in [9.17, 15) is 18.0 Å². The van der Waals surface area contributed by atoms with Gasteiger partial charge in [-0.05, 0) is 42.9 Å². The lowest BCUT2D eigenvalue weighted by Crippen LogP contribution is -2.30. The zero-order valence-corrected chi connectivity index (χ0v) is 16.3. The van der Waals surface area contributed by atoms with Crippen LogP contribution in [0, 0.1) is 0 Å². The fourth-order valence-electron chi connectivity index (χ4n) is 2.61. The van der Waals surface area contributed by atoms with Gasteiger partial charge in [0.1, 0.15) is 0 Å². The van der Waals surface area contributed by atoms with Crippen molar-refractivity contribution in [2.24, 2.45) is 0 Å². The molecule has 0 fully saturated rings. The average molecular weight is 417 g/mol. The van der Waals surface area contributed by atoms with Gasteiger partial charge in [-0.1, -0.05) is 17.7 Å². The number of benzene rings is 2. The molecule has 0 spiro atoms. The molecule has 0 saturated carbocycles. The zero-order valence-electron chi connectivity index (χ0n) is 15.6. The number of likely N-dealkylation sites (N-methyl/N-ethyl adjacent to an activating group) is 1. The van der Waals surface area contributed by atoms with Crippen molar-refractivity contribution >= 4 is 23.2 Å². The minimum atomic E-state index is -4.60. The van der Waals surface area contributed by atoms with Crippen molar-refractivity contribution in [3.05, 3.63) is 52.5 Å². The molecular weight excluding hydrogens is 397 g/mol. The van der Waals surface area contributed by atoms with Crippen LogP contribution in [-0.4, -0.2) is 38.6 Å². The molecule has 0 atom stereocenters. The second-order valence-electron chi connectivity index (χ2n) is 6.10. The first-order valence-corrected chi connectivity index (χ1v) is 8.58. The Bertz CT molecular complexity index is 844. The smallest absolute Gasteiger partial charge is 0.417 e. The number of hydrogen-bond acceptors (Lipinski definition) is 4. The summed E-state index contributed by atoms with van der Waals surface area (Å²) in [5.74, 6) is 0.715. The van der Waals surface area contributed by atoms with E-state index >= 15 is 0 Å². The molecule has 5 nitrogen and oxygen atoms in total. The van der Waals surface area contributed by atoms with Gasteiger partial charge in [0.15, 0.2) is 11.5 Å². The van der Waals surface area contributed by atoms with Crippen LogP contribution in [0.3, 0.4) is 0 Å². The Morgan fingerprint density at radius 3 is 2.39 bits per heavy atom. The van der Waals surface area contributed by atoms with E-state index in [0.717, 1.165) is 17.7 Å². The summed E-state index contributed by atoms with van der Waals surface area (Å²) in [6.45, 7) is 0.417. The number of hydrogen-bond donors (Lipinski definition) is 1. The Morgan fingerprint density at radius 1 is 1.11 bits per heavy atom. The number of alkyl halides is 3. The number of amides is 1. The first-order valence-electron chi connectivity index (χ1n) is 8.20. The molecule has 0 aliphatic carbocycles. The van der Waals surface area contributed by atoms with Gasteiger partial charge in [0.25, 0.3) is 0 Å². The number of rotatable bonds is 7. The predicted molar refractivity (Wildman–Crippen MR) is 101 cm³/mol. The number of ether oxygens (including phenoxy) is 2. The van der Waals surface area contributed by atoms with Crippen LogP contribution in [0.15, 0.2) is 36.4 Å². The number of nitrogens with zero attached hydrogens (tertiary/aromatic N) is 1. The van der Waals surface area contributed by atoms with Gasteiger partial charge in [0.2, 0.25) is 5.91 Å². The maximum Gasteiger partial charge on any atom is 0.417 e. The van der Waals surface area contributed by atoms with Crippen molar-refractivity contribution < 1.29 is 27.4 Å². The van der Waals surface area contributed by atoms with E-state index in [-0.39, 0.29) is 12.2 Å². The Hall–Kier alpha value is -2.45. The fourth-order valence-corrected chi connectivity index (χ4v) is 2.84. The van der Waals surface area contributed by atoms with E-state index in [1.54, 1.807) is 24.1 Å². The molecule has 0 heterocycles. The highest BCUT2D eigenvalue weighted by molar-refractivity contribution is 6.31. The molecule has 0 aromatic heterocycles. The number of carbonyl (C=O) groups is 1. The molecule has 0 aliphatic rings. The molecule has 0 aliphatic heterocycles. The number of methoxy groups -OCH3 is 2. The molecule has 1 amide bonds. The standard InChI is InChI=1S/C19H20ClF3N2O3/c1-25(10-12-4-7-16(27-2)17(8-12)28-3)11-18(26)24-13-5-6-15(20)14(9-13)19(21,22)23/h4-9H,10-11H2,1-3H3,(H,24,26). The van der Waals surface area contributed by atoms with Crippen molar-refractivity contribution in [2.75, 3.05) is 33.1 Å². The van der Waals surface area contributed by atoms with Crippen LogP contribution < -0.4 is 14.8 Å². The van der Waals surface area contributed by atoms with Gasteiger partial charge < -0.3 is 14.8 Å². The lowest BCUT2D eigenvalue weighted by atomic mass is 10.2. The lowest BCUT2D eigenvalue weighted by molar-refractivity contribution is -0.137. The highest BCUT2D eigenvalue weighted by atomic mass is 35.5. The van der Waals surface area contributed by atoms with Crippen molar-refractivity contribution in [1.29, 1.82) is 0 Å². The number of carbonyl (C=O) groups excluding carboxylic acids is 1. The molecule has 28 heavy (non-hydrogen) atoms. The topological polar surface area (TPSA) is 50.8 Å². The highest BCUT2D eigenvalue weighted by Gasteiger charge is 2.33. The largest absolute Gasteiger partial charge is 0.493 e. The van der Waals surface area contributed by atoms with E-state index in [4.69, 9.17) is 21.1 Å². The fraction of sp³-hybridized carbons (Fsp3) is 0.316. The van der Waals surface area contributed by atoms with Gasteiger partial charge in [-0.25, -0.2) is 0 Å². The first-order chi connectivity index (χ1) is 13.1. The van der Waals surface area contributed by atoms with Crippen LogP contribution >= 0.6 is 11.6 Å². The summed E-state index contributed by atoms with van der Waals surface area (Å²) < 4.78 is 49.1. The summed E-state index contributed by atoms with van der Waals surface area (Å²) >= 11 is 5.58. The van der Waals surface area contributed by atoms with Crippen molar-refractivity contribution in [3.8, 4) is 11.5 Å². The maximum atomic E-state index is 12.9. The van der Waals surface area contributed by atoms with Crippen LogP contribution in [0.4, 0.5) is 18.9 Å². The minimum absolute atomic E-state index is 0.0156. The van der Waals surface area contributed by atoms with Crippen molar-refractivity contribution in [1.82, 2.24) is 4.90 Å². The normalized spacial score (nSPS) is 11.4. The van der Waals surface area contributed by atoms with Crippen LogP contribution in [0.1, 0.15) is 11.1 Å². The Morgan fingerprint density at radius 2 is 1.79 bits per heavy atom.